The predicted molar refractivity (Wildman–Crippen MR) is 98.6 cm³/mol. The second-order valence-corrected chi connectivity index (χ2v) is 6.54. The third-order valence-corrected chi connectivity index (χ3v) is 4.86. The van der Waals surface area contributed by atoms with Crippen LogP contribution >= 0.6 is 0 Å². The van der Waals surface area contributed by atoms with Gasteiger partial charge in [-0.05, 0) is 61.7 Å². The summed E-state index contributed by atoms with van der Waals surface area (Å²) in [6.07, 6.45) is 4.07. The molecule has 2 heterocycles. The van der Waals surface area contributed by atoms with E-state index in [1.54, 1.807) is 36.5 Å². The lowest BCUT2D eigenvalue weighted by molar-refractivity contribution is 0.265. The smallest absolute Gasteiger partial charge is 0.149 e. The fourth-order valence-corrected chi connectivity index (χ4v) is 3.29. The number of nitrogens with two attached hydrogens (primary N) is 1. The summed E-state index contributed by atoms with van der Waals surface area (Å²) in [6, 6.07) is 10.9. The molecule has 0 atom stereocenters. The number of hydrogen-bond acceptors (Lipinski definition) is 6. The first-order valence-corrected chi connectivity index (χ1v) is 8.61. The zero-order valence-electron chi connectivity index (χ0n) is 14.4. The van der Waals surface area contributed by atoms with E-state index < -0.39 is 11.4 Å². The third kappa shape index (κ3) is 3.19. The van der Waals surface area contributed by atoms with Crippen molar-refractivity contribution in [2.45, 2.75) is 24.8 Å². The van der Waals surface area contributed by atoms with Crippen LogP contribution < -0.4 is 16.6 Å². The monoisotopic (exact) mass is 368 g/mol. The van der Waals surface area contributed by atoms with Gasteiger partial charge in [-0.3, -0.25) is 10.8 Å². The molecule has 8 heteroatoms. The number of anilines is 2. The number of hydrazine groups is 1. The Morgan fingerprint density at radius 2 is 1.85 bits per heavy atom. The van der Waals surface area contributed by atoms with Gasteiger partial charge in [-0.25, -0.2) is 8.78 Å². The van der Waals surface area contributed by atoms with E-state index in [-0.39, 0.29) is 5.82 Å². The third-order valence-electron chi connectivity index (χ3n) is 4.86. The highest BCUT2D eigenvalue weighted by atomic mass is 19.1. The van der Waals surface area contributed by atoms with E-state index in [2.05, 4.69) is 25.9 Å². The number of hydrogen-bond donors (Lipinski definition) is 3. The number of nitrogens with zero attached hydrogens (tertiary/aromatic N) is 3. The normalized spacial score (nSPS) is 15.1. The van der Waals surface area contributed by atoms with Gasteiger partial charge in [0.25, 0.3) is 0 Å². The number of aromatic nitrogens is 3. The molecule has 0 bridgehead atoms. The first kappa shape index (κ1) is 17.3. The second kappa shape index (κ2) is 6.88. The number of nitrogens with one attached hydrogen (secondary N) is 2. The Balaban J connectivity index is 1.59. The van der Waals surface area contributed by atoms with Gasteiger partial charge < -0.3 is 10.7 Å². The zero-order chi connectivity index (χ0) is 18.9. The van der Waals surface area contributed by atoms with Gasteiger partial charge in [-0.15, -0.1) is 10.2 Å². The van der Waals surface area contributed by atoms with E-state index in [1.165, 1.54) is 12.1 Å². The van der Waals surface area contributed by atoms with Gasteiger partial charge in [0.1, 0.15) is 23.1 Å². The Morgan fingerprint density at radius 3 is 2.44 bits per heavy atom. The molecule has 2 aromatic heterocycles. The highest BCUT2D eigenvalue weighted by Gasteiger charge is 2.42. The molecule has 4 rings (SSSR count). The van der Waals surface area contributed by atoms with Crippen molar-refractivity contribution in [3.05, 3.63) is 66.0 Å². The topological polar surface area (TPSA) is 88.8 Å². The van der Waals surface area contributed by atoms with Gasteiger partial charge >= 0.3 is 0 Å². The van der Waals surface area contributed by atoms with Gasteiger partial charge in [-0.2, -0.15) is 0 Å². The molecule has 27 heavy (non-hydrogen) atoms. The van der Waals surface area contributed by atoms with E-state index in [4.69, 9.17) is 5.84 Å². The lowest BCUT2D eigenvalue weighted by Gasteiger charge is -2.42. The largest absolute Gasteiger partial charge is 0.357 e. The summed E-state index contributed by atoms with van der Waals surface area (Å²) in [5.41, 5.74) is 3.38. The Morgan fingerprint density at radius 1 is 1.00 bits per heavy atom. The lowest BCUT2D eigenvalue weighted by Crippen LogP contribution is -2.43. The highest BCUT2D eigenvalue weighted by Crippen LogP contribution is 2.43. The van der Waals surface area contributed by atoms with Gasteiger partial charge in [0, 0.05) is 11.8 Å². The Hall–Kier alpha value is -3.13. The molecular weight excluding hydrogens is 350 g/mol. The maximum absolute atomic E-state index is 14.2. The Bertz CT molecular complexity index is 957. The molecule has 1 aromatic carbocycles. The van der Waals surface area contributed by atoms with Crippen molar-refractivity contribution < 1.29 is 8.78 Å². The van der Waals surface area contributed by atoms with E-state index in [9.17, 15) is 8.78 Å². The minimum atomic E-state index is -0.582. The quantitative estimate of drug-likeness (QED) is 0.471. The molecule has 1 aliphatic rings. The minimum Gasteiger partial charge on any atom is -0.357 e. The van der Waals surface area contributed by atoms with Crippen LogP contribution in [-0.4, -0.2) is 15.2 Å². The van der Waals surface area contributed by atoms with Crippen LogP contribution in [0.25, 0.3) is 11.3 Å². The van der Waals surface area contributed by atoms with Crippen LogP contribution in [0.4, 0.5) is 20.3 Å². The molecule has 0 amide bonds. The molecule has 0 unspecified atom stereocenters. The fourth-order valence-electron chi connectivity index (χ4n) is 3.29. The summed E-state index contributed by atoms with van der Waals surface area (Å²) < 4.78 is 28.4. The molecule has 0 saturated heterocycles. The summed E-state index contributed by atoms with van der Waals surface area (Å²) in [7, 11) is 0. The maximum atomic E-state index is 14.2. The molecule has 4 N–H and O–H groups in total. The van der Waals surface area contributed by atoms with Gasteiger partial charge in [0.15, 0.2) is 0 Å². The summed E-state index contributed by atoms with van der Waals surface area (Å²) >= 11 is 0. The van der Waals surface area contributed by atoms with E-state index in [1.807, 2.05) is 0 Å². The molecule has 0 radical (unpaired) electrons. The minimum absolute atomic E-state index is 0.321. The average molecular weight is 368 g/mol. The molecule has 1 aliphatic carbocycles. The first-order chi connectivity index (χ1) is 13.1. The highest BCUT2D eigenvalue weighted by molar-refractivity contribution is 5.64. The summed E-state index contributed by atoms with van der Waals surface area (Å²) in [6.45, 7) is 0. The molecule has 0 spiro atoms. The summed E-state index contributed by atoms with van der Waals surface area (Å²) in [5, 5.41) is 11.5. The molecular formula is C19H18F2N6. The fraction of sp³-hybridized carbons (Fsp3) is 0.211. The summed E-state index contributed by atoms with van der Waals surface area (Å²) in [5.74, 6) is 4.97. The van der Waals surface area contributed by atoms with Crippen LogP contribution in [0.15, 0.2) is 48.7 Å². The standard InChI is InChI=1S/C19H18F2N6/c20-14-3-1-10-23-18(14)19(8-2-9-19)24-17-7-6-16(26-27-17)13-5-4-12(25-22)11-15(13)21/h1,3-7,10-11,25H,2,8-9,22H2,(H,24,27). The molecule has 1 saturated carbocycles. The summed E-state index contributed by atoms with van der Waals surface area (Å²) in [4.78, 5) is 4.21. The van der Waals surface area contributed by atoms with Crippen molar-refractivity contribution in [1.29, 1.82) is 0 Å². The van der Waals surface area contributed by atoms with E-state index in [0.717, 1.165) is 19.3 Å². The SMILES string of the molecule is NNc1ccc(-c2ccc(NC3(c4ncccc4F)CCC3)nn2)c(F)c1. The number of halogens is 2. The number of pyridine rings is 1. The van der Waals surface area contributed by atoms with Crippen LogP contribution in [0.5, 0.6) is 0 Å². The van der Waals surface area contributed by atoms with Gasteiger partial charge in [-0.1, -0.05) is 0 Å². The Labute approximate surface area is 154 Å². The Kier molecular flexibility index (Phi) is 4.41. The first-order valence-electron chi connectivity index (χ1n) is 8.61. The average Bonchev–Trinajstić information content (AvgIpc) is 2.66. The van der Waals surface area contributed by atoms with Crippen LogP contribution in [0.2, 0.25) is 0 Å². The van der Waals surface area contributed by atoms with Crippen molar-refractivity contribution in [2.75, 3.05) is 10.7 Å². The van der Waals surface area contributed by atoms with Crippen molar-refractivity contribution in [3.63, 3.8) is 0 Å². The van der Waals surface area contributed by atoms with Gasteiger partial charge in [0.2, 0.25) is 0 Å². The number of rotatable bonds is 5. The molecule has 6 nitrogen and oxygen atoms in total. The second-order valence-electron chi connectivity index (χ2n) is 6.54. The van der Waals surface area contributed by atoms with E-state index in [0.29, 0.717) is 28.5 Å². The zero-order valence-corrected chi connectivity index (χ0v) is 14.4. The predicted octanol–water partition coefficient (Wildman–Crippen LogP) is 3.59. The van der Waals surface area contributed by atoms with Gasteiger partial charge in [0.05, 0.1) is 16.9 Å². The van der Waals surface area contributed by atoms with E-state index >= 15 is 0 Å². The number of nitrogen functional groups attached to an aromatic ring is 1. The number of benzene rings is 1. The molecule has 0 aliphatic heterocycles. The van der Waals surface area contributed by atoms with Crippen LogP contribution in [0.1, 0.15) is 25.0 Å². The lowest BCUT2D eigenvalue weighted by atomic mass is 9.74. The molecule has 1 fully saturated rings. The molecule has 3 aromatic rings. The van der Waals surface area contributed by atoms with Crippen molar-refractivity contribution in [3.8, 4) is 11.3 Å². The maximum Gasteiger partial charge on any atom is 0.149 e. The van der Waals surface area contributed by atoms with Crippen molar-refractivity contribution in [1.82, 2.24) is 15.2 Å². The van der Waals surface area contributed by atoms with Crippen LogP contribution in [0, 0.1) is 11.6 Å². The van der Waals surface area contributed by atoms with Crippen LogP contribution in [-0.2, 0) is 5.54 Å². The van der Waals surface area contributed by atoms with Crippen molar-refractivity contribution >= 4 is 11.5 Å². The van der Waals surface area contributed by atoms with Crippen LogP contribution in [0.3, 0.4) is 0 Å². The molecule has 138 valence electrons. The van der Waals surface area contributed by atoms with Crippen molar-refractivity contribution in [2.24, 2.45) is 5.84 Å².